The van der Waals surface area contributed by atoms with Crippen molar-refractivity contribution >= 4 is 11.6 Å². The van der Waals surface area contributed by atoms with Crippen LogP contribution in [0.25, 0.3) is 0 Å². The van der Waals surface area contributed by atoms with E-state index in [1.807, 2.05) is 0 Å². The minimum Gasteiger partial charge on any atom is -0.481 e. The molecule has 3 nitrogen and oxygen atoms in total. The Hall–Kier alpha value is -1.04. The van der Waals surface area contributed by atoms with E-state index in [0.29, 0.717) is 24.4 Å². The molecule has 1 fully saturated rings. The summed E-state index contributed by atoms with van der Waals surface area (Å²) in [5, 5.41) is -0.587. The number of alkyl halides is 4. The van der Waals surface area contributed by atoms with Crippen molar-refractivity contribution in [2.75, 3.05) is 7.11 Å². The fourth-order valence-corrected chi connectivity index (χ4v) is 3.41. The normalized spacial score (nSPS) is 24.6. The van der Waals surface area contributed by atoms with Crippen LogP contribution in [0.1, 0.15) is 31.4 Å². The molecule has 0 N–H and O–H groups in total. The van der Waals surface area contributed by atoms with E-state index in [1.165, 1.54) is 13.4 Å². The van der Waals surface area contributed by atoms with Gasteiger partial charge in [-0.2, -0.15) is 13.2 Å². The van der Waals surface area contributed by atoms with Crippen LogP contribution < -0.4 is 4.74 Å². The van der Waals surface area contributed by atoms with E-state index < -0.39 is 23.4 Å². The summed E-state index contributed by atoms with van der Waals surface area (Å²) >= 11 is 6.29. The lowest BCUT2D eigenvalue weighted by molar-refractivity contribution is -0.196. The van der Waals surface area contributed by atoms with Crippen LogP contribution in [-0.4, -0.2) is 28.6 Å². The van der Waals surface area contributed by atoms with Gasteiger partial charge in [0.15, 0.2) is 0 Å². The topological polar surface area (TPSA) is 35.0 Å². The molecule has 2 rings (SSSR count). The number of rotatable bonds is 4. The highest BCUT2D eigenvalue weighted by atomic mass is 35.5. The molecular weight excluding hydrogens is 305 g/mol. The standard InChI is InChI=1S/C14H18ClF3N2O/c1-21-13-7-9(19-8-20-13)6-12(15)10-4-2-3-5-11(10)14(16,17)18/h7-8,10-12H,2-6H2,1H3. The predicted octanol–water partition coefficient (Wildman–Crippen LogP) is 4.00. The Kier molecular flexibility index (Phi) is 5.30. The molecule has 1 saturated carbocycles. The maximum absolute atomic E-state index is 13.1. The molecular formula is C14H18ClF3N2O. The van der Waals surface area contributed by atoms with Gasteiger partial charge in [0.1, 0.15) is 6.33 Å². The third-order valence-electron chi connectivity index (χ3n) is 4.02. The van der Waals surface area contributed by atoms with Gasteiger partial charge in [-0.25, -0.2) is 9.97 Å². The van der Waals surface area contributed by atoms with E-state index in [9.17, 15) is 13.2 Å². The molecule has 21 heavy (non-hydrogen) atoms. The van der Waals surface area contributed by atoms with Crippen molar-refractivity contribution in [2.24, 2.45) is 11.8 Å². The van der Waals surface area contributed by atoms with Crippen molar-refractivity contribution in [2.45, 2.75) is 43.7 Å². The third-order valence-corrected chi connectivity index (χ3v) is 4.49. The molecule has 3 atom stereocenters. The van der Waals surface area contributed by atoms with Gasteiger partial charge in [-0.1, -0.05) is 12.8 Å². The lowest BCUT2D eigenvalue weighted by atomic mass is 9.76. The van der Waals surface area contributed by atoms with Crippen molar-refractivity contribution in [3.63, 3.8) is 0 Å². The van der Waals surface area contributed by atoms with Gasteiger partial charge in [0.25, 0.3) is 0 Å². The number of methoxy groups -OCH3 is 1. The average molecular weight is 323 g/mol. The second-order valence-corrected chi connectivity index (χ2v) is 5.93. The smallest absolute Gasteiger partial charge is 0.392 e. The highest BCUT2D eigenvalue weighted by Crippen LogP contribution is 2.44. The van der Waals surface area contributed by atoms with Gasteiger partial charge in [0.05, 0.1) is 13.0 Å². The van der Waals surface area contributed by atoms with E-state index in [0.717, 1.165) is 6.42 Å². The summed E-state index contributed by atoms with van der Waals surface area (Å²) in [6.45, 7) is 0. The molecule has 1 aromatic rings. The van der Waals surface area contributed by atoms with E-state index in [4.69, 9.17) is 16.3 Å². The molecule has 1 aliphatic rings. The summed E-state index contributed by atoms with van der Waals surface area (Å²) < 4.78 is 44.3. The molecule has 0 saturated heterocycles. The molecule has 1 aromatic heterocycles. The molecule has 1 aliphatic carbocycles. The van der Waals surface area contributed by atoms with Gasteiger partial charge in [-0.15, -0.1) is 11.6 Å². The van der Waals surface area contributed by atoms with Gasteiger partial charge in [0.2, 0.25) is 5.88 Å². The number of ether oxygens (including phenoxy) is 1. The van der Waals surface area contributed by atoms with Gasteiger partial charge in [0, 0.05) is 23.6 Å². The zero-order chi connectivity index (χ0) is 15.5. The second kappa shape index (κ2) is 6.81. The zero-order valence-corrected chi connectivity index (χ0v) is 12.5. The summed E-state index contributed by atoms with van der Waals surface area (Å²) in [6, 6.07) is 1.61. The van der Waals surface area contributed by atoms with Crippen LogP contribution in [0, 0.1) is 11.8 Å². The monoisotopic (exact) mass is 322 g/mol. The van der Waals surface area contributed by atoms with Crippen molar-refractivity contribution in [3.05, 3.63) is 18.1 Å². The molecule has 3 unspecified atom stereocenters. The predicted molar refractivity (Wildman–Crippen MR) is 73.4 cm³/mol. The van der Waals surface area contributed by atoms with Crippen LogP contribution in [-0.2, 0) is 6.42 Å². The van der Waals surface area contributed by atoms with Gasteiger partial charge in [-0.05, 0) is 18.8 Å². The summed E-state index contributed by atoms with van der Waals surface area (Å²) in [4.78, 5) is 7.93. The molecule has 0 aromatic carbocycles. The highest BCUT2D eigenvalue weighted by Gasteiger charge is 2.47. The fourth-order valence-electron chi connectivity index (χ4n) is 2.95. The van der Waals surface area contributed by atoms with E-state index in [-0.39, 0.29) is 12.8 Å². The largest absolute Gasteiger partial charge is 0.481 e. The highest BCUT2D eigenvalue weighted by molar-refractivity contribution is 6.20. The maximum atomic E-state index is 13.1. The molecule has 0 radical (unpaired) electrons. The Labute approximate surface area is 126 Å². The Bertz CT molecular complexity index is 470. The lowest BCUT2D eigenvalue weighted by Crippen LogP contribution is -2.38. The van der Waals surface area contributed by atoms with Crippen molar-refractivity contribution in [1.29, 1.82) is 0 Å². The summed E-state index contributed by atoms with van der Waals surface area (Å²) in [7, 11) is 1.48. The molecule has 0 amide bonds. The first kappa shape index (κ1) is 16.3. The number of hydrogen-bond donors (Lipinski definition) is 0. The lowest BCUT2D eigenvalue weighted by Gasteiger charge is -2.35. The Balaban J connectivity index is 2.08. The van der Waals surface area contributed by atoms with Crippen LogP contribution in [0.3, 0.4) is 0 Å². The fraction of sp³-hybridized carbons (Fsp3) is 0.714. The van der Waals surface area contributed by atoms with Gasteiger partial charge >= 0.3 is 6.18 Å². The summed E-state index contributed by atoms with van der Waals surface area (Å²) in [5.74, 6) is -1.47. The van der Waals surface area contributed by atoms with Crippen molar-refractivity contribution < 1.29 is 17.9 Å². The van der Waals surface area contributed by atoms with Crippen LogP contribution >= 0.6 is 11.6 Å². The Morgan fingerprint density at radius 3 is 2.71 bits per heavy atom. The first-order valence-electron chi connectivity index (χ1n) is 6.97. The number of aromatic nitrogens is 2. The zero-order valence-electron chi connectivity index (χ0n) is 11.7. The SMILES string of the molecule is COc1cc(CC(Cl)C2CCCCC2C(F)(F)F)ncn1. The number of nitrogens with zero attached hydrogens (tertiary/aromatic N) is 2. The maximum Gasteiger partial charge on any atom is 0.392 e. The molecule has 118 valence electrons. The minimum atomic E-state index is -4.18. The minimum absolute atomic E-state index is 0.171. The summed E-state index contributed by atoms with van der Waals surface area (Å²) in [5.41, 5.74) is 0.605. The first-order valence-corrected chi connectivity index (χ1v) is 7.41. The van der Waals surface area contributed by atoms with Crippen LogP contribution in [0.4, 0.5) is 13.2 Å². The second-order valence-electron chi connectivity index (χ2n) is 5.37. The van der Waals surface area contributed by atoms with Gasteiger partial charge < -0.3 is 4.74 Å². The Morgan fingerprint density at radius 1 is 1.33 bits per heavy atom. The molecule has 7 heteroatoms. The molecule has 0 aliphatic heterocycles. The van der Waals surface area contributed by atoms with Gasteiger partial charge in [-0.3, -0.25) is 0 Å². The van der Waals surface area contributed by atoms with Crippen LogP contribution in [0.2, 0.25) is 0 Å². The van der Waals surface area contributed by atoms with E-state index in [1.54, 1.807) is 6.07 Å². The van der Waals surface area contributed by atoms with Crippen molar-refractivity contribution in [3.8, 4) is 5.88 Å². The van der Waals surface area contributed by atoms with Crippen LogP contribution in [0.5, 0.6) is 5.88 Å². The Morgan fingerprint density at radius 2 is 2.05 bits per heavy atom. The first-order chi connectivity index (χ1) is 9.91. The number of hydrogen-bond acceptors (Lipinski definition) is 3. The average Bonchev–Trinajstić information content (AvgIpc) is 2.46. The van der Waals surface area contributed by atoms with Crippen LogP contribution in [0.15, 0.2) is 12.4 Å². The van der Waals surface area contributed by atoms with E-state index in [2.05, 4.69) is 9.97 Å². The quantitative estimate of drug-likeness (QED) is 0.786. The summed E-state index contributed by atoms with van der Waals surface area (Å²) in [6.07, 6.45) is -0.455. The molecule has 0 spiro atoms. The molecule has 1 heterocycles. The number of halogens is 4. The van der Waals surface area contributed by atoms with Crippen molar-refractivity contribution in [1.82, 2.24) is 9.97 Å². The third kappa shape index (κ3) is 4.22. The molecule has 0 bridgehead atoms. The van der Waals surface area contributed by atoms with E-state index >= 15 is 0 Å².